The smallest absolute Gasteiger partial charge is 0.277 e. The van der Waals surface area contributed by atoms with Crippen LogP contribution < -0.4 is 34.0 Å². The highest BCUT2D eigenvalue weighted by Crippen LogP contribution is 2.40. The van der Waals surface area contributed by atoms with Crippen LogP contribution in [0.2, 0.25) is 39.3 Å². The summed E-state index contributed by atoms with van der Waals surface area (Å²) in [5.74, 6) is 2.61. The van der Waals surface area contributed by atoms with Gasteiger partial charge in [-0.2, -0.15) is 0 Å². The molecule has 0 saturated heterocycles. The van der Waals surface area contributed by atoms with Gasteiger partial charge in [0, 0.05) is 10.2 Å². The molecule has 0 amide bonds. The standard InChI is InChI=1S/C30H38O6Si4/c1-38(2,24-13-7-21(31)8-14-24)34-27-19-20-28(37)30(36-40(5,6)26-17-11-23(33)12-18-26)29(27)35-39(3,4)25-15-9-22(32)10-16-25/h7-20,31-33H,1-6,37H3. The molecule has 210 valence electrons. The van der Waals surface area contributed by atoms with E-state index in [9.17, 15) is 15.3 Å². The molecule has 0 aliphatic heterocycles. The average molecular weight is 607 g/mol. The van der Waals surface area contributed by atoms with Crippen molar-refractivity contribution in [1.29, 1.82) is 0 Å². The second-order valence-corrected chi connectivity index (χ2v) is 24.0. The largest absolute Gasteiger partial charge is 0.537 e. The first-order chi connectivity index (χ1) is 18.7. The first-order valence-electron chi connectivity index (χ1n) is 13.3. The lowest BCUT2D eigenvalue weighted by Crippen LogP contribution is -2.51. The Morgan fingerprint density at radius 3 is 1.15 bits per heavy atom. The Labute approximate surface area is 242 Å². The van der Waals surface area contributed by atoms with Crippen LogP contribution in [0, 0.1) is 0 Å². The zero-order valence-electron chi connectivity index (χ0n) is 24.1. The van der Waals surface area contributed by atoms with Crippen LogP contribution in [0.25, 0.3) is 0 Å². The Bertz CT molecular complexity index is 1470. The van der Waals surface area contributed by atoms with Gasteiger partial charge in [0.05, 0.1) is 0 Å². The molecule has 0 aromatic heterocycles. The lowest BCUT2D eigenvalue weighted by molar-refractivity contribution is 0.461. The van der Waals surface area contributed by atoms with E-state index in [2.05, 4.69) is 45.3 Å². The van der Waals surface area contributed by atoms with E-state index in [1.807, 2.05) is 42.5 Å². The molecule has 0 atom stereocenters. The Balaban J connectivity index is 1.82. The van der Waals surface area contributed by atoms with Crippen LogP contribution in [0.1, 0.15) is 0 Å². The molecule has 4 aromatic carbocycles. The molecule has 0 heterocycles. The quantitative estimate of drug-likeness (QED) is 0.254. The summed E-state index contributed by atoms with van der Waals surface area (Å²) in [7, 11) is -6.76. The summed E-state index contributed by atoms with van der Waals surface area (Å²) in [5, 5.41) is 33.7. The lowest BCUT2D eigenvalue weighted by Gasteiger charge is -2.34. The number of phenolic OH excluding ortho intramolecular Hbond substituents is 3. The van der Waals surface area contributed by atoms with Crippen LogP contribution in [0.4, 0.5) is 0 Å². The summed E-state index contributed by atoms with van der Waals surface area (Å²) in [6, 6.07) is 25.7. The normalized spacial score (nSPS) is 12.2. The van der Waals surface area contributed by atoms with Crippen LogP contribution in [0.15, 0.2) is 84.9 Å². The van der Waals surface area contributed by atoms with Gasteiger partial charge in [0.1, 0.15) is 28.7 Å². The third-order valence-corrected chi connectivity index (χ3v) is 15.2. The summed E-state index contributed by atoms with van der Waals surface area (Å²) in [6.07, 6.45) is 0. The van der Waals surface area contributed by atoms with E-state index in [1.165, 1.54) is 0 Å². The fraction of sp³-hybridized carbons (Fsp3) is 0.200. The number of phenols is 3. The molecule has 0 saturated carbocycles. The van der Waals surface area contributed by atoms with Crippen LogP contribution in [-0.2, 0) is 0 Å². The van der Waals surface area contributed by atoms with Crippen LogP contribution in [0.3, 0.4) is 0 Å². The highest BCUT2D eigenvalue weighted by Gasteiger charge is 2.36. The Morgan fingerprint density at radius 2 is 0.775 bits per heavy atom. The molecule has 0 fully saturated rings. The minimum absolute atomic E-state index is 0.214. The minimum atomic E-state index is -2.54. The van der Waals surface area contributed by atoms with Gasteiger partial charge < -0.3 is 28.6 Å². The Kier molecular flexibility index (Phi) is 8.27. The van der Waals surface area contributed by atoms with Crippen molar-refractivity contribution in [1.82, 2.24) is 0 Å². The molecule has 0 bridgehead atoms. The van der Waals surface area contributed by atoms with Crippen molar-refractivity contribution in [2.45, 2.75) is 39.3 Å². The Morgan fingerprint density at radius 1 is 0.450 bits per heavy atom. The fourth-order valence-electron chi connectivity index (χ4n) is 4.50. The van der Waals surface area contributed by atoms with E-state index in [1.54, 1.807) is 36.4 Å². The van der Waals surface area contributed by atoms with Gasteiger partial charge in [-0.3, -0.25) is 0 Å². The SMILES string of the molecule is C[Si](C)(Oc1ccc([SiH3])c(O[Si](C)(C)c2ccc(O)cc2)c1O[Si](C)(C)c1ccc(O)cc1)c1ccc(O)cc1. The first-order valence-corrected chi connectivity index (χ1v) is 23.0. The molecular weight excluding hydrogens is 569 g/mol. The van der Waals surface area contributed by atoms with Crippen LogP contribution in [0.5, 0.6) is 34.5 Å². The van der Waals surface area contributed by atoms with Gasteiger partial charge in [0.2, 0.25) is 0 Å². The number of benzene rings is 4. The molecule has 4 aromatic rings. The molecule has 0 radical (unpaired) electrons. The number of aromatic hydroxyl groups is 3. The third-order valence-electron chi connectivity index (χ3n) is 7.04. The van der Waals surface area contributed by atoms with E-state index in [0.29, 0.717) is 17.2 Å². The van der Waals surface area contributed by atoms with Crippen molar-refractivity contribution in [2.75, 3.05) is 0 Å². The molecular formula is C30H38O6Si4. The molecule has 10 heteroatoms. The molecule has 6 nitrogen and oxygen atoms in total. The van der Waals surface area contributed by atoms with E-state index in [-0.39, 0.29) is 17.2 Å². The maximum atomic E-state index is 9.86. The van der Waals surface area contributed by atoms with E-state index >= 15 is 0 Å². The van der Waals surface area contributed by atoms with Crippen molar-refractivity contribution in [3.63, 3.8) is 0 Å². The predicted molar refractivity (Wildman–Crippen MR) is 174 cm³/mol. The van der Waals surface area contributed by atoms with Gasteiger partial charge >= 0.3 is 0 Å². The zero-order chi connectivity index (χ0) is 29.3. The van der Waals surface area contributed by atoms with Crippen molar-refractivity contribution in [2.24, 2.45) is 0 Å². The van der Waals surface area contributed by atoms with Gasteiger partial charge in [-0.05, 0) is 102 Å². The molecule has 0 aliphatic carbocycles. The number of hydrogen-bond donors (Lipinski definition) is 3. The average Bonchev–Trinajstić information content (AvgIpc) is 2.88. The summed E-state index contributed by atoms with van der Waals surface area (Å²) in [6.45, 7) is 12.8. The Hall–Kier alpha value is -3.45. The topological polar surface area (TPSA) is 88.4 Å². The summed E-state index contributed by atoms with van der Waals surface area (Å²) in [4.78, 5) is 0. The maximum Gasteiger partial charge on any atom is 0.277 e. The van der Waals surface area contributed by atoms with Gasteiger partial charge in [-0.1, -0.05) is 42.5 Å². The van der Waals surface area contributed by atoms with E-state index in [4.69, 9.17) is 13.3 Å². The maximum absolute atomic E-state index is 9.86. The monoisotopic (exact) mass is 606 g/mol. The van der Waals surface area contributed by atoms with Crippen LogP contribution >= 0.6 is 0 Å². The summed E-state index contributed by atoms with van der Waals surface area (Å²) >= 11 is 0. The molecule has 3 N–H and O–H groups in total. The van der Waals surface area contributed by atoms with Crippen molar-refractivity contribution < 1.29 is 28.6 Å². The van der Waals surface area contributed by atoms with E-state index < -0.39 is 25.0 Å². The molecule has 4 rings (SSSR count). The number of rotatable bonds is 9. The van der Waals surface area contributed by atoms with Crippen molar-refractivity contribution >= 4 is 55.9 Å². The van der Waals surface area contributed by atoms with Gasteiger partial charge in [0.25, 0.3) is 25.0 Å². The highest BCUT2D eigenvalue weighted by atomic mass is 28.4. The first kappa shape index (κ1) is 29.5. The molecule has 0 spiro atoms. The second kappa shape index (κ2) is 11.2. The number of hydrogen-bond acceptors (Lipinski definition) is 6. The van der Waals surface area contributed by atoms with Crippen LogP contribution in [-0.4, -0.2) is 50.5 Å². The highest BCUT2D eigenvalue weighted by molar-refractivity contribution is 6.86. The van der Waals surface area contributed by atoms with Gasteiger partial charge in [0.15, 0.2) is 5.75 Å². The minimum Gasteiger partial charge on any atom is -0.537 e. The second-order valence-electron chi connectivity index (χ2n) is 11.5. The molecule has 40 heavy (non-hydrogen) atoms. The van der Waals surface area contributed by atoms with Crippen molar-refractivity contribution in [3.8, 4) is 34.5 Å². The van der Waals surface area contributed by atoms with Gasteiger partial charge in [-0.15, -0.1) is 0 Å². The fourth-order valence-corrected chi connectivity index (χ4v) is 10.6. The molecule has 0 unspecified atom stereocenters. The third kappa shape index (κ3) is 6.64. The van der Waals surface area contributed by atoms with E-state index in [0.717, 1.165) is 31.0 Å². The van der Waals surface area contributed by atoms with Crippen molar-refractivity contribution in [3.05, 3.63) is 84.9 Å². The predicted octanol–water partition coefficient (Wildman–Crippen LogP) is 3.27. The molecule has 0 aliphatic rings. The summed E-state index contributed by atoms with van der Waals surface area (Å²) < 4.78 is 20.7. The van der Waals surface area contributed by atoms with Gasteiger partial charge in [-0.25, -0.2) is 0 Å². The zero-order valence-corrected chi connectivity index (χ0v) is 29.1. The summed E-state index contributed by atoms with van der Waals surface area (Å²) in [5.41, 5.74) is 0. The lowest BCUT2D eigenvalue weighted by atomic mass is 10.3.